The number of hydrogen-bond acceptors (Lipinski definition) is 3. The molecule has 0 radical (unpaired) electrons. The minimum atomic E-state index is -4.41. The number of alkyl halides is 3. The van der Waals surface area contributed by atoms with Gasteiger partial charge in [0.15, 0.2) is 0 Å². The number of piperidine rings is 1. The topological polar surface area (TPSA) is 58.4 Å². The molecule has 1 fully saturated rings. The highest BCUT2D eigenvalue weighted by Crippen LogP contribution is 2.30. The van der Waals surface area contributed by atoms with Gasteiger partial charge in [0.05, 0.1) is 12.1 Å². The maximum absolute atomic E-state index is 12.6. The molecule has 1 aliphatic rings. The third-order valence-electron chi connectivity index (χ3n) is 3.47. The highest BCUT2D eigenvalue weighted by Gasteiger charge is 2.30. The standard InChI is InChI=1S/C14H18F3N3O/c15-14(16,17)10-2-1-3-12(8-10)19-13(21)9-20-6-4-11(18)5-7-20/h1-3,8,11H,4-7,9,18H2,(H,19,21). The number of nitrogens with two attached hydrogens (primary N) is 1. The number of nitrogens with zero attached hydrogens (tertiary/aromatic N) is 1. The van der Waals surface area contributed by atoms with Gasteiger partial charge in [-0.3, -0.25) is 9.69 Å². The summed E-state index contributed by atoms with van der Waals surface area (Å²) in [5.74, 6) is -0.315. The summed E-state index contributed by atoms with van der Waals surface area (Å²) in [4.78, 5) is 13.8. The molecule has 1 heterocycles. The molecule has 0 atom stereocenters. The molecule has 0 spiro atoms. The molecular formula is C14H18F3N3O. The summed E-state index contributed by atoms with van der Waals surface area (Å²) >= 11 is 0. The van der Waals surface area contributed by atoms with E-state index in [1.807, 2.05) is 4.90 Å². The van der Waals surface area contributed by atoms with Crippen molar-refractivity contribution in [2.45, 2.75) is 25.1 Å². The number of hydrogen-bond donors (Lipinski definition) is 2. The summed E-state index contributed by atoms with van der Waals surface area (Å²) < 4.78 is 37.7. The van der Waals surface area contributed by atoms with E-state index in [-0.39, 0.29) is 24.2 Å². The summed E-state index contributed by atoms with van der Waals surface area (Å²) in [5, 5.41) is 2.50. The molecule has 1 aromatic carbocycles. The molecule has 0 saturated carbocycles. The zero-order valence-corrected chi connectivity index (χ0v) is 11.5. The van der Waals surface area contributed by atoms with Crippen molar-refractivity contribution in [3.05, 3.63) is 29.8 Å². The Hall–Kier alpha value is -1.60. The Kier molecular flexibility index (Phi) is 4.84. The number of likely N-dealkylation sites (tertiary alicyclic amines) is 1. The van der Waals surface area contributed by atoms with Crippen LogP contribution in [0.3, 0.4) is 0 Å². The molecule has 1 amide bonds. The van der Waals surface area contributed by atoms with Crippen LogP contribution in [0.5, 0.6) is 0 Å². The van der Waals surface area contributed by atoms with E-state index in [4.69, 9.17) is 5.73 Å². The van der Waals surface area contributed by atoms with Gasteiger partial charge in [0.25, 0.3) is 0 Å². The molecule has 1 aliphatic heterocycles. The maximum atomic E-state index is 12.6. The number of nitrogens with one attached hydrogen (secondary N) is 1. The fourth-order valence-electron chi connectivity index (χ4n) is 2.29. The third kappa shape index (κ3) is 4.71. The van der Waals surface area contributed by atoms with Crippen LogP contribution >= 0.6 is 0 Å². The number of anilines is 1. The van der Waals surface area contributed by atoms with Crippen molar-refractivity contribution < 1.29 is 18.0 Å². The second-order valence-corrected chi connectivity index (χ2v) is 5.24. The summed E-state index contributed by atoms with van der Waals surface area (Å²) in [6.07, 6.45) is -2.75. The molecule has 0 aliphatic carbocycles. The minimum Gasteiger partial charge on any atom is -0.328 e. The van der Waals surface area contributed by atoms with Crippen molar-refractivity contribution in [3.8, 4) is 0 Å². The van der Waals surface area contributed by atoms with Gasteiger partial charge in [-0.25, -0.2) is 0 Å². The Morgan fingerprint density at radius 3 is 2.62 bits per heavy atom. The van der Waals surface area contributed by atoms with Crippen molar-refractivity contribution >= 4 is 11.6 Å². The predicted octanol–water partition coefficient (Wildman–Crippen LogP) is 2.07. The Balaban J connectivity index is 1.91. The number of carbonyl (C=O) groups is 1. The second kappa shape index (κ2) is 6.44. The van der Waals surface area contributed by atoms with Gasteiger partial charge < -0.3 is 11.1 Å². The van der Waals surface area contributed by atoms with E-state index < -0.39 is 11.7 Å². The lowest BCUT2D eigenvalue weighted by molar-refractivity contribution is -0.137. The van der Waals surface area contributed by atoms with E-state index in [9.17, 15) is 18.0 Å². The molecule has 0 aromatic heterocycles. The van der Waals surface area contributed by atoms with Crippen LogP contribution in [0.25, 0.3) is 0 Å². The quantitative estimate of drug-likeness (QED) is 0.898. The van der Waals surface area contributed by atoms with E-state index in [2.05, 4.69) is 5.32 Å². The number of benzene rings is 1. The Morgan fingerprint density at radius 2 is 2.00 bits per heavy atom. The van der Waals surface area contributed by atoms with Crippen LogP contribution in [-0.4, -0.2) is 36.5 Å². The molecule has 7 heteroatoms. The monoisotopic (exact) mass is 301 g/mol. The van der Waals surface area contributed by atoms with Crippen molar-refractivity contribution in [2.75, 3.05) is 25.0 Å². The van der Waals surface area contributed by atoms with Gasteiger partial charge in [0.2, 0.25) is 5.91 Å². The van der Waals surface area contributed by atoms with E-state index >= 15 is 0 Å². The molecule has 21 heavy (non-hydrogen) atoms. The largest absolute Gasteiger partial charge is 0.416 e. The van der Waals surface area contributed by atoms with E-state index in [1.165, 1.54) is 12.1 Å². The zero-order chi connectivity index (χ0) is 15.5. The molecule has 1 aromatic rings. The zero-order valence-electron chi connectivity index (χ0n) is 11.5. The molecule has 1 saturated heterocycles. The normalized spacial score (nSPS) is 17.7. The fourth-order valence-corrected chi connectivity index (χ4v) is 2.29. The highest BCUT2D eigenvalue weighted by molar-refractivity contribution is 5.92. The van der Waals surface area contributed by atoms with Crippen LogP contribution in [0.2, 0.25) is 0 Å². The number of rotatable bonds is 3. The third-order valence-corrected chi connectivity index (χ3v) is 3.47. The lowest BCUT2D eigenvalue weighted by Crippen LogP contribution is -2.43. The van der Waals surface area contributed by atoms with E-state index in [1.54, 1.807) is 0 Å². The summed E-state index contributed by atoms with van der Waals surface area (Å²) in [6, 6.07) is 4.80. The lowest BCUT2D eigenvalue weighted by Gasteiger charge is -2.29. The van der Waals surface area contributed by atoms with E-state index in [0.29, 0.717) is 0 Å². The molecule has 2 rings (SSSR count). The summed E-state index contributed by atoms with van der Waals surface area (Å²) in [5.41, 5.74) is 5.16. The summed E-state index contributed by atoms with van der Waals surface area (Å²) in [7, 11) is 0. The second-order valence-electron chi connectivity index (χ2n) is 5.24. The Morgan fingerprint density at radius 1 is 1.33 bits per heavy atom. The predicted molar refractivity (Wildman–Crippen MR) is 73.7 cm³/mol. The SMILES string of the molecule is NC1CCN(CC(=O)Nc2cccc(C(F)(F)F)c2)CC1. The number of amides is 1. The highest BCUT2D eigenvalue weighted by atomic mass is 19.4. The van der Waals surface area contributed by atoms with Gasteiger partial charge in [0, 0.05) is 24.8 Å². The first kappa shape index (κ1) is 15.8. The maximum Gasteiger partial charge on any atom is 0.416 e. The molecule has 0 unspecified atom stereocenters. The van der Waals surface area contributed by atoms with Crippen LogP contribution in [0.1, 0.15) is 18.4 Å². The molecule has 116 valence electrons. The fraction of sp³-hybridized carbons (Fsp3) is 0.500. The van der Waals surface area contributed by atoms with Gasteiger partial charge in [-0.1, -0.05) is 6.07 Å². The Labute approximate surface area is 121 Å². The lowest BCUT2D eigenvalue weighted by atomic mass is 10.1. The van der Waals surface area contributed by atoms with Crippen LogP contribution in [0.4, 0.5) is 18.9 Å². The van der Waals surface area contributed by atoms with Gasteiger partial charge >= 0.3 is 6.18 Å². The van der Waals surface area contributed by atoms with E-state index in [0.717, 1.165) is 38.1 Å². The first-order valence-electron chi connectivity index (χ1n) is 6.79. The van der Waals surface area contributed by atoms with Gasteiger partial charge in [-0.2, -0.15) is 13.2 Å². The molecule has 4 nitrogen and oxygen atoms in total. The molecule has 3 N–H and O–H groups in total. The summed E-state index contributed by atoms with van der Waals surface area (Å²) in [6.45, 7) is 1.64. The average molecular weight is 301 g/mol. The first-order valence-corrected chi connectivity index (χ1v) is 6.79. The number of halogens is 3. The van der Waals surface area contributed by atoms with Crippen LogP contribution < -0.4 is 11.1 Å². The minimum absolute atomic E-state index is 0.156. The number of carbonyl (C=O) groups excluding carboxylic acids is 1. The average Bonchev–Trinajstić information content (AvgIpc) is 2.41. The van der Waals surface area contributed by atoms with Crippen molar-refractivity contribution in [1.82, 2.24) is 4.90 Å². The van der Waals surface area contributed by atoms with Crippen molar-refractivity contribution in [3.63, 3.8) is 0 Å². The van der Waals surface area contributed by atoms with Gasteiger partial charge in [0.1, 0.15) is 0 Å². The van der Waals surface area contributed by atoms with Crippen molar-refractivity contribution in [1.29, 1.82) is 0 Å². The van der Waals surface area contributed by atoms with Crippen LogP contribution in [0, 0.1) is 0 Å². The van der Waals surface area contributed by atoms with Gasteiger partial charge in [-0.05, 0) is 31.0 Å². The van der Waals surface area contributed by atoms with Crippen LogP contribution in [-0.2, 0) is 11.0 Å². The van der Waals surface area contributed by atoms with Gasteiger partial charge in [-0.15, -0.1) is 0 Å². The smallest absolute Gasteiger partial charge is 0.328 e. The molecule has 0 bridgehead atoms. The van der Waals surface area contributed by atoms with Crippen molar-refractivity contribution in [2.24, 2.45) is 5.73 Å². The Bertz CT molecular complexity index is 496. The molecular weight excluding hydrogens is 283 g/mol. The van der Waals surface area contributed by atoms with Crippen LogP contribution in [0.15, 0.2) is 24.3 Å². The first-order chi connectivity index (χ1) is 9.84.